The van der Waals surface area contributed by atoms with E-state index < -0.39 is 0 Å². The van der Waals surface area contributed by atoms with Crippen molar-refractivity contribution in [3.8, 4) is 6.07 Å². The van der Waals surface area contributed by atoms with Gasteiger partial charge in [0.25, 0.3) is 0 Å². The number of halogens is 1. The van der Waals surface area contributed by atoms with Crippen LogP contribution in [0.25, 0.3) is 0 Å². The monoisotopic (exact) mass is 473 g/mol. The highest BCUT2D eigenvalue weighted by Gasteiger charge is 2.39. The van der Waals surface area contributed by atoms with Gasteiger partial charge in [0, 0.05) is 10.4 Å². The van der Waals surface area contributed by atoms with Gasteiger partial charge in [-0.3, -0.25) is 0 Å². The molecule has 0 aliphatic carbocycles. The molecule has 2 nitrogen and oxygen atoms in total. The number of nitrogens with zero attached hydrogens (tertiary/aromatic N) is 1. The third-order valence-corrected chi connectivity index (χ3v) is 7.29. The molecule has 0 amide bonds. The third kappa shape index (κ3) is 6.29. The second-order valence-electron chi connectivity index (χ2n) is 9.35. The molecule has 3 heteroatoms. The number of hydrogen-bond donors (Lipinski definition) is 0. The normalized spacial score (nSPS) is 13.8. The van der Waals surface area contributed by atoms with Gasteiger partial charge in [-0.15, -0.1) is 0 Å². The van der Waals surface area contributed by atoms with Crippen LogP contribution in [0.3, 0.4) is 0 Å². The van der Waals surface area contributed by atoms with Crippen LogP contribution >= 0.6 is 11.6 Å². The van der Waals surface area contributed by atoms with Gasteiger partial charge in [-0.05, 0) is 91.6 Å². The van der Waals surface area contributed by atoms with Crippen molar-refractivity contribution in [2.24, 2.45) is 0 Å². The summed E-state index contributed by atoms with van der Waals surface area (Å²) < 4.78 is 6.72. The fraction of sp³-hybridized carbons (Fsp3) is 0.387. The highest BCUT2D eigenvalue weighted by molar-refractivity contribution is 6.30. The highest BCUT2D eigenvalue weighted by Crippen LogP contribution is 2.41. The minimum atomic E-state index is -0.142. The van der Waals surface area contributed by atoms with E-state index in [4.69, 9.17) is 16.3 Å². The molecule has 0 saturated heterocycles. The van der Waals surface area contributed by atoms with Gasteiger partial charge in [0.15, 0.2) is 0 Å². The Morgan fingerprint density at radius 1 is 0.912 bits per heavy atom. The first-order valence-electron chi connectivity index (χ1n) is 12.3. The van der Waals surface area contributed by atoms with Crippen LogP contribution in [-0.4, -0.2) is 6.10 Å². The van der Waals surface area contributed by atoms with E-state index in [1.165, 1.54) is 27.8 Å². The Balaban J connectivity index is 1.95. The predicted octanol–water partition coefficient (Wildman–Crippen LogP) is 8.49. The lowest BCUT2D eigenvalue weighted by atomic mass is 9.68. The smallest absolute Gasteiger partial charge is 0.0991 e. The van der Waals surface area contributed by atoms with Crippen molar-refractivity contribution in [3.05, 3.63) is 105 Å². The van der Waals surface area contributed by atoms with Crippen molar-refractivity contribution >= 4 is 11.6 Å². The second-order valence-corrected chi connectivity index (χ2v) is 9.79. The Morgan fingerprint density at radius 2 is 1.68 bits per heavy atom. The Bertz CT molecular complexity index is 1120. The van der Waals surface area contributed by atoms with Gasteiger partial charge in [-0.25, -0.2) is 0 Å². The van der Waals surface area contributed by atoms with Crippen LogP contribution in [0, 0.1) is 25.2 Å². The number of benzene rings is 3. The molecule has 3 aromatic rings. The van der Waals surface area contributed by atoms with Crippen molar-refractivity contribution in [1.29, 1.82) is 5.26 Å². The van der Waals surface area contributed by atoms with Gasteiger partial charge in [-0.2, -0.15) is 5.26 Å². The quantitative estimate of drug-likeness (QED) is 0.279. The third-order valence-electron chi connectivity index (χ3n) is 7.04. The predicted molar refractivity (Wildman–Crippen MR) is 142 cm³/mol. The Morgan fingerprint density at radius 3 is 2.32 bits per heavy atom. The molecule has 0 saturated carbocycles. The van der Waals surface area contributed by atoms with Crippen molar-refractivity contribution < 1.29 is 4.74 Å². The second kappa shape index (κ2) is 12.2. The zero-order valence-electron chi connectivity index (χ0n) is 20.9. The zero-order valence-corrected chi connectivity index (χ0v) is 21.7. The molecule has 0 aliphatic rings. The number of aryl methyl sites for hydroxylation is 3. The van der Waals surface area contributed by atoms with Crippen LogP contribution in [0.2, 0.25) is 5.02 Å². The number of hydrogen-bond acceptors (Lipinski definition) is 2. The van der Waals surface area contributed by atoms with E-state index in [-0.39, 0.29) is 11.5 Å². The summed E-state index contributed by atoms with van der Waals surface area (Å²) in [5.41, 5.74) is 6.85. The molecular weight excluding hydrogens is 438 g/mol. The van der Waals surface area contributed by atoms with Crippen molar-refractivity contribution in [2.45, 2.75) is 77.9 Å². The molecule has 0 spiro atoms. The fourth-order valence-corrected chi connectivity index (χ4v) is 5.20. The topological polar surface area (TPSA) is 33.0 Å². The Hall–Kier alpha value is -2.60. The summed E-state index contributed by atoms with van der Waals surface area (Å²) in [5, 5.41) is 10.1. The highest BCUT2D eigenvalue weighted by atomic mass is 35.5. The van der Waals surface area contributed by atoms with Gasteiger partial charge in [-0.1, -0.05) is 74.3 Å². The van der Waals surface area contributed by atoms with E-state index in [1.54, 1.807) is 0 Å². The molecule has 2 atom stereocenters. The maximum atomic E-state index is 9.34. The van der Waals surface area contributed by atoms with E-state index in [1.807, 2.05) is 30.3 Å². The lowest BCUT2D eigenvalue weighted by molar-refractivity contribution is -0.0251. The van der Waals surface area contributed by atoms with Crippen molar-refractivity contribution in [1.82, 2.24) is 0 Å². The fourth-order valence-electron chi connectivity index (χ4n) is 5.07. The number of ether oxygens (including phenoxy) is 1. The maximum Gasteiger partial charge on any atom is 0.0991 e. The molecule has 0 heterocycles. The Kier molecular flexibility index (Phi) is 9.34. The maximum absolute atomic E-state index is 9.34. The first kappa shape index (κ1) is 26.0. The summed E-state index contributed by atoms with van der Waals surface area (Å²) in [6, 6.07) is 25.2. The molecule has 0 aromatic heterocycles. The van der Waals surface area contributed by atoms with Crippen LogP contribution in [0.1, 0.15) is 72.9 Å². The molecule has 0 fully saturated rings. The molecule has 0 radical (unpaired) electrons. The van der Waals surface area contributed by atoms with Crippen LogP contribution in [-0.2, 0) is 23.2 Å². The van der Waals surface area contributed by atoms with Gasteiger partial charge in [0.05, 0.1) is 24.3 Å². The largest absolute Gasteiger partial charge is 0.373 e. The van der Waals surface area contributed by atoms with Crippen molar-refractivity contribution in [2.75, 3.05) is 0 Å². The number of rotatable bonds is 11. The summed E-state index contributed by atoms with van der Waals surface area (Å²) in [7, 11) is 0. The molecule has 3 rings (SSSR count). The van der Waals surface area contributed by atoms with E-state index in [0.29, 0.717) is 12.2 Å². The van der Waals surface area contributed by atoms with E-state index in [9.17, 15) is 5.26 Å². The van der Waals surface area contributed by atoms with Crippen LogP contribution in [0.15, 0.2) is 66.7 Å². The van der Waals surface area contributed by atoms with Gasteiger partial charge in [0.1, 0.15) is 0 Å². The van der Waals surface area contributed by atoms with Crippen LogP contribution in [0.5, 0.6) is 0 Å². The molecule has 0 N–H and O–H groups in total. The first-order valence-corrected chi connectivity index (χ1v) is 12.7. The number of nitriles is 1. The van der Waals surface area contributed by atoms with Gasteiger partial charge in [0.2, 0.25) is 0 Å². The molecule has 34 heavy (non-hydrogen) atoms. The summed E-state index contributed by atoms with van der Waals surface area (Å²) in [4.78, 5) is 0. The molecule has 178 valence electrons. The van der Waals surface area contributed by atoms with Crippen LogP contribution < -0.4 is 0 Å². The lowest BCUT2D eigenvalue weighted by Crippen LogP contribution is -2.41. The summed E-state index contributed by atoms with van der Waals surface area (Å²) in [5.74, 6) is 0. The molecule has 0 aliphatic heterocycles. The van der Waals surface area contributed by atoms with Gasteiger partial charge < -0.3 is 4.74 Å². The van der Waals surface area contributed by atoms with E-state index in [0.717, 1.165) is 37.1 Å². The average Bonchev–Trinajstić information content (AvgIpc) is 2.85. The SMILES string of the molecule is CCCC(CCc1cccc(C#N)c1)(c1ccc(Cl)cc1)C(CC)OCc1ccc(C)c(C)c1. The summed E-state index contributed by atoms with van der Waals surface area (Å²) in [6.07, 6.45) is 4.91. The first-order chi connectivity index (χ1) is 16.4. The molecule has 0 bridgehead atoms. The van der Waals surface area contributed by atoms with Crippen LogP contribution in [0.4, 0.5) is 0 Å². The van der Waals surface area contributed by atoms with Gasteiger partial charge >= 0.3 is 0 Å². The van der Waals surface area contributed by atoms with E-state index in [2.05, 4.69) is 70.2 Å². The zero-order chi connectivity index (χ0) is 24.6. The van der Waals surface area contributed by atoms with E-state index >= 15 is 0 Å². The molecular formula is C31H36ClNO. The summed E-state index contributed by atoms with van der Waals surface area (Å²) >= 11 is 6.27. The van der Waals surface area contributed by atoms with Crippen molar-refractivity contribution in [3.63, 3.8) is 0 Å². The lowest BCUT2D eigenvalue weighted by Gasteiger charge is -2.41. The summed E-state index contributed by atoms with van der Waals surface area (Å²) in [6.45, 7) is 9.37. The average molecular weight is 474 g/mol. The minimum Gasteiger partial charge on any atom is -0.373 e. The standard InChI is InChI=1S/C31H36ClNO/c1-5-17-31(28-12-14-29(32)15-13-28,18-16-25-8-7-9-26(20-25)21-33)30(6-2)34-22-27-11-10-23(3)24(4)19-27/h7-15,19-20,30H,5-6,16-18,22H2,1-4H3. The molecule has 2 unspecified atom stereocenters. The Labute approximate surface area is 210 Å². The minimum absolute atomic E-state index is 0.0642. The molecule has 3 aromatic carbocycles.